The van der Waals surface area contributed by atoms with Gasteiger partial charge >= 0.3 is 12.2 Å². The minimum Gasteiger partial charge on any atom is -0.447 e. The number of hydrogen-bond acceptors (Lipinski definition) is 8. The van der Waals surface area contributed by atoms with Crippen LogP contribution in [0.1, 0.15) is 77.1 Å². The van der Waals surface area contributed by atoms with Crippen LogP contribution in [0, 0.1) is 0 Å². The van der Waals surface area contributed by atoms with Crippen LogP contribution in [-0.2, 0) is 19.3 Å². The number of alkyl carbamates (subject to hydrolysis) is 1. The summed E-state index contributed by atoms with van der Waals surface area (Å²) in [6.07, 6.45) is 5.02. The Morgan fingerprint density at radius 1 is 0.973 bits per heavy atom. The second-order valence-electron chi connectivity index (χ2n) is 10.2. The van der Waals surface area contributed by atoms with E-state index in [0.29, 0.717) is 24.1 Å². The number of thiazole rings is 1. The number of carbonyl (C=O) groups excluding carboxylic acids is 2. The summed E-state index contributed by atoms with van der Waals surface area (Å²) in [5.41, 5.74) is 0.977. The first-order valence-corrected chi connectivity index (χ1v) is 15.2. The molecule has 0 unspecified atom stereocenters. The molecule has 2 aromatic rings. The molecule has 1 aromatic heterocycles. The second kappa shape index (κ2) is 11.4. The van der Waals surface area contributed by atoms with E-state index in [1.165, 1.54) is 17.4 Å². The van der Waals surface area contributed by atoms with Gasteiger partial charge in [0.2, 0.25) is 0 Å². The Labute approximate surface area is 222 Å². The van der Waals surface area contributed by atoms with Crippen LogP contribution in [0.3, 0.4) is 0 Å². The largest absolute Gasteiger partial charge is 0.447 e. The fourth-order valence-electron chi connectivity index (χ4n) is 4.46. The Balaban J connectivity index is 1.50. The standard InChI is InChI=1S/C26H35N3O6S2/c1-15(2)34-25(30)28-18-7-5-17(6-8-18)24-27-14-22(36-24)21-12-9-19(29-26(31)35-16(3)4)13-23(21)37(32,33)20-10-11-20/h9,12-18,20H,5-8,10-11H2,1-4H3,(H,28,30)(H,29,31)/t17-,18-. The molecular formula is C26H35N3O6S2. The number of aromatic nitrogens is 1. The molecule has 1 heterocycles. The van der Waals surface area contributed by atoms with E-state index >= 15 is 0 Å². The Morgan fingerprint density at radius 3 is 2.24 bits per heavy atom. The van der Waals surface area contributed by atoms with Crippen molar-refractivity contribution >= 4 is 39.0 Å². The molecule has 0 radical (unpaired) electrons. The van der Waals surface area contributed by atoms with Gasteiger partial charge in [-0.3, -0.25) is 5.32 Å². The number of nitrogens with zero attached hydrogens (tertiary/aromatic N) is 1. The maximum atomic E-state index is 13.3. The van der Waals surface area contributed by atoms with Crippen LogP contribution in [0.4, 0.5) is 15.3 Å². The van der Waals surface area contributed by atoms with Crippen molar-refractivity contribution in [2.75, 3.05) is 5.32 Å². The highest BCUT2D eigenvalue weighted by Crippen LogP contribution is 2.43. The van der Waals surface area contributed by atoms with Gasteiger partial charge in [-0.05, 0) is 78.4 Å². The summed E-state index contributed by atoms with van der Waals surface area (Å²) < 4.78 is 36.9. The SMILES string of the molecule is CC(C)OC(=O)Nc1ccc(-c2cnc([C@H]3CC[C@H](NC(=O)OC(C)C)CC3)s2)c(S(=O)(=O)C2CC2)c1. The molecule has 0 spiro atoms. The molecule has 0 bridgehead atoms. The summed E-state index contributed by atoms with van der Waals surface area (Å²) in [7, 11) is -3.53. The van der Waals surface area contributed by atoms with E-state index in [1.54, 1.807) is 32.2 Å². The topological polar surface area (TPSA) is 124 Å². The lowest BCUT2D eigenvalue weighted by Gasteiger charge is -2.28. The molecule has 202 valence electrons. The first-order chi connectivity index (χ1) is 17.5. The molecule has 2 aliphatic rings. The molecule has 2 N–H and O–H groups in total. The average Bonchev–Trinajstić information content (AvgIpc) is 3.57. The Kier molecular flexibility index (Phi) is 8.42. The predicted molar refractivity (Wildman–Crippen MR) is 143 cm³/mol. The minimum atomic E-state index is -3.53. The number of rotatable bonds is 8. The number of anilines is 1. The van der Waals surface area contributed by atoms with Crippen molar-refractivity contribution in [2.24, 2.45) is 0 Å². The highest BCUT2D eigenvalue weighted by atomic mass is 32.2. The van der Waals surface area contributed by atoms with Crippen molar-refractivity contribution in [1.82, 2.24) is 10.3 Å². The molecule has 11 heteroatoms. The van der Waals surface area contributed by atoms with Gasteiger partial charge in [-0.25, -0.2) is 23.0 Å². The van der Waals surface area contributed by atoms with Gasteiger partial charge in [-0.2, -0.15) is 0 Å². The molecule has 0 saturated heterocycles. The smallest absolute Gasteiger partial charge is 0.411 e. The van der Waals surface area contributed by atoms with E-state index in [1.807, 2.05) is 13.8 Å². The number of nitrogens with one attached hydrogen (secondary N) is 2. The Morgan fingerprint density at radius 2 is 1.62 bits per heavy atom. The van der Waals surface area contributed by atoms with Crippen LogP contribution in [-0.4, -0.2) is 49.1 Å². The van der Waals surface area contributed by atoms with Gasteiger partial charge in [0.1, 0.15) is 0 Å². The van der Waals surface area contributed by atoms with Crippen molar-refractivity contribution in [3.63, 3.8) is 0 Å². The van der Waals surface area contributed by atoms with Crippen molar-refractivity contribution in [1.29, 1.82) is 0 Å². The number of sulfone groups is 1. The van der Waals surface area contributed by atoms with E-state index in [9.17, 15) is 18.0 Å². The zero-order valence-electron chi connectivity index (χ0n) is 21.7. The molecule has 4 rings (SSSR count). The molecule has 37 heavy (non-hydrogen) atoms. The highest BCUT2D eigenvalue weighted by molar-refractivity contribution is 7.92. The maximum Gasteiger partial charge on any atom is 0.411 e. The van der Waals surface area contributed by atoms with E-state index in [-0.39, 0.29) is 40.4 Å². The number of amides is 2. The van der Waals surface area contributed by atoms with Crippen LogP contribution in [0.2, 0.25) is 0 Å². The molecule has 0 aliphatic heterocycles. The van der Waals surface area contributed by atoms with Crippen molar-refractivity contribution < 1.29 is 27.5 Å². The lowest BCUT2D eigenvalue weighted by molar-refractivity contribution is 0.109. The summed E-state index contributed by atoms with van der Waals surface area (Å²) in [4.78, 5) is 29.6. The average molecular weight is 550 g/mol. The lowest BCUT2D eigenvalue weighted by atomic mass is 9.86. The Bertz CT molecular complexity index is 1230. The van der Waals surface area contributed by atoms with Gasteiger partial charge in [-0.1, -0.05) is 6.07 Å². The third-order valence-electron chi connectivity index (χ3n) is 6.37. The zero-order chi connectivity index (χ0) is 26.7. The van der Waals surface area contributed by atoms with E-state index in [2.05, 4.69) is 15.6 Å². The quantitative estimate of drug-likeness (QED) is 0.422. The number of hydrogen-bond donors (Lipinski definition) is 2. The number of carbonyl (C=O) groups is 2. The van der Waals surface area contributed by atoms with Gasteiger partial charge in [-0.15, -0.1) is 11.3 Å². The van der Waals surface area contributed by atoms with Gasteiger partial charge in [0.25, 0.3) is 0 Å². The third kappa shape index (κ3) is 7.01. The third-order valence-corrected chi connectivity index (χ3v) is 9.86. The molecule has 9 nitrogen and oxygen atoms in total. The molecule has 2 saturated carbocycles. The van der Waals surface area contributed by atoms with Crippen molar-refractivity contribution in [3.05, 3.63) is 29.4 Å². The maximum absolute atomic E-state index is 13.3. The zero-order valence-corrected chi connectivity index (χ0v) is 23.3. The second-order valence-corrected chi connectivity index (χ2v) is 13.5. The minimum absolute atomic E-state index is 0.0830. The summed E-state index contributed by atoms with van der Waals surface area (Å²) in [5, 5.41) is 6.15. The van der Waals surface area contributed by atoms with Gasteiger partial charge in [0, 0.05) is 29.4 Å². The molecule has 1 aromatic carbocycles. The summed E-state index contributed by atoms with van der Waals surface area (Å²) >= 11 is 1.51. The van der Waals surface area contributed by atoms with E-state index in [4.69, 9.17) is 9.47 Å². The molecule has 2 amide bonds. The van der Waals surface area contributed by atoms with E-state index < -0.39 is 15.9 Å². The molecular weight excluding hydrogens is 514 g/mol. The number of ether oxygens (including phenoxy) is 2. The van der Waals surface area contributed by atoms with Gasteiger partial charge in [0.05, 0.1) is 32.2 Å². The first-order valence-electron chi connectivity index (χ1n) is 12.8. The van der Waals surface area contributed by atoms with Crippen LogP contribution in [0.15, 0.2) is 29.3 Å². The summed E-state index contributed by atoms with van der Waals surface area (Å²) in [6, 6.07) is 5.03. The van der Waals surface area contributed by atoms with Crippen molar-refractivity contribution in [3.8, 4) is 10.4 Å². The first kappa shape index (κ1) is 27.4. The van der Waals surface area contributed by atoms with Crippen LogP contribution >= 0.6 is 11.3 Å². The normalized spacial score (nSPS) is 20.1. The summed E-state index contributed by atoms with van der Waals surface area (Å²) in [5.74, 6) is 0.258. The fraction of sp³-hybridized carbons (Fsp3) is 0.577. The van der Waals surface area contributed by atoms with Crippen LogP contribution in [0.5, 0.6) is 0 Å². The van der Waals surface area contributed by atoms with Crippen LogP contribution in [0.25, 0.3) is 10.4 Å². The monoisotopic (exact) mass is 549 g/mol. The summed E-state index contributed by atoms with van der Waals surface area (Å²) in [6.45, 7) is 7.14. The van der Waals surface area contributed by atoms with Gasteiger partial charge in [0.15, 0.2) is 9.84 Å². The molecule has 2 fully saturated rings. The highest BCUT2D eigenvalue weighted by Gasteiger charge is 2.39. The van der Waals surface area contributed by atoms with Crippen molar-refractivity contribution in [2.45, 2.75) is 101 Å². The van der Waals surface area contributed by atoms with E-state index in [0.717, 1.165) is 35.6 Å². The predicted octanol–water partition coefficient (Wildman–Crippen LogP) is 5.86. The molecule has 2 aliphatic carbocycles. The van der Waals surface area contributed by atoms with Crippen LogP contribution < -0.4 is 10.6 Å². The number of benzene rings is 1. The van der Waals surface area contributed by atoms with Gasteiger partial charge < -0.3 is 14.8 Å². The Hall–Kier alpha value is -2.66. The molecule has 0 atom stereocenters. The fourth-order valence-corrected chi connectivity index (χ4v) is 7.54. The lowest BCUT2D eigenvalue weighted by Crippen LogP contribution is -2.38.